The molecule has 2 aliphatic heterocycles. The van der Waals surface area contributed by atoms with Crippen LogP contribution in [0.1, 0.15) is 0 Å². The molecule has 0 unspecified atom stereocenters. The lowest BCUT2D eigenvalue weighted by molar-refractivity contribution is 0.0394. The Hall–Kier alpha value is -4.25. The SMILES string of the molecule is c1cc2c(cc1-c1cnc3[nH]ncc3c1)Sc1cc(-c3cnc4[nH]ncc4c3)ccc1N2CCN1CCOCC1. The van der Waals surface area contributed by atoms with Gasteiger partial charge in [-0.25, -0.2) is 9.97 Å². The first-order chi connectivity index (χ1) is 19.8. The van der Waals surface area contributed by atoms with Gasteiger partial charge in [-0.3, -0.25) is 15.1 Å². The summed E-state index contributed by atoms with van der Waals surface area (Å²) in [5.74, 6) is 0. The smallest absolute Gasteiger partial charge is 0.155 e. The molecule has 2 N–H and O–H groups in total. The number of pyridine rings is 2. The maximum absolute atomic E-state index is 5.58. The molecule has 6 aromatic rings. The molecule has 0 spiro atoms. The van der Waals surface area contributed by atoms with E-state index in [4.69, 9.17) is 4.74 Å². The molecule has 1 saturated heterocycles. The molecule has 0 amide bonds. The lowest BCUT2D eigenvalue weighted by Gasteiger charge is -2.36. The highest BCUT2D eigenvalue weighted by Crippen LogP contribution is 2.50. The number of morpholine rings is 1. The minimum atomic E-state index is 0.801. The Bertz CT molecular complexity index is 1730. The number of anilines is 2. The number of H-pyrrole nitrogens is 2. The van der Waals surface area contributed by atoms with Gasteiger partial charge in [0.25, 0.3) is 0 Å². The molecule has 10 heteroatoms. The van der Waals surface area contributed by atoms with E-state index in [2.05, 4.69) is 88.7 Å². The quantitative estimate of drug-likeness (QED) is 0.293. The average Bonchev–Trinajstić information content (AvgIpc) is 3.68. The molecule has 8 rings (SSSR count). The van der Waals surface area contributed by atoms with Gasteiger partial charge in [0.1, 0.15) is 0 Å². The molecule has 2 aliphatic rings. The van der Waals surface area contributed by atoms with Gasteiger partial charge >= 0.3 is 0 Å². The lowest BCUT2D eigenvalue weighted by Crippen LogP contribution is -2.41. The van der Waals surface area contributed by atoms with Crippen molar-refractivity contribution in [2.75, 3.05) is 44.3 Å². The van der Waals surface area contributed by atoms with Crippen LogP contribution in [-0.4, -0.2) is 74.7 Å². The minimum absolute atomic E-state index is 0.801. The third-order valence-corrected chi connectivity index (χ3v) is 8.81. The van der Waals surface area contributed by atoms with Crippen molar-refractivity contribution in [1.82, 2.24) is 35.3 Å². The zero-order chi connectivity index (χ0) is 26.5. The van der Waals surface area contributed by atoms with E-state index in [0.717, 1.165) is 83.7 Å². The van der Waals surface area contributed by atoms with Crippen molar-refractivity contribution in [3.63, 3.8) is 0 Å². The molecular formula is C30H26N8OS. The molecule has 40 heavy (non-hydrogen) atoms. The Morgan fingerprint density at radius 3 is 1.82 bits per heavy atom. The van der Waals surface area contributed by atoms with E-state index >= 15 is 0 Å². The zero-order valence-electron chi connectivity index (χ0n) is 21.7. The van der Waals surface area contributed by atoms with Gasteiger partial charge in [0, 0.05) is 70.3 Å². The van der Waals surface area contributed by atoms with Crippen LogP contribution in [0.2, 0.25) is 0 Å². The molecule has 1 fully saturated rings. The summed E-state index contributed by atoms with van der Waals surface area (Å²) in [5, 5.41) is 16.1. The van der Waals surface area contributed by atoms with Crippen LogP contribution in [0.15, 0.2) is 83.1 Å². The van der Waals surface area contributed by atoms with Crippen molar-refractivity contribution >= 4 is 45.2 Å². The van der Waals surface area contributed by atoms with Crippen molar-refractivity contribution in [2.45, 2.75) is 9.79 Å². The summed E-state index contributed by atoms with van der Waals surface area (Å²) in [6.07, 6.45) is 7.47. The van der Waals surface area contributed by atoms with Crippen LogP contribution in [0.5, 0.6) is 0 Å². The predicted octanol–water partition coefficient (Wildman–Crippen LogP) is 5.50. The minimum Gasteiger partial charge on any atom is -0.379 e. The number of nitrogens with zero attached hydrogens (tertiary/aromatic N) is 6. The first-order valence-electron chi connectivity index (χ1n) is 13.4. The van der Waals surface area contributed by atoms with Crippen LogP contribution in [0.4, 0.5) is 11.4 Å². The molecule has 0 bridgehead atoms. The van der Waals surface area contributed by atoms with E-state index in [-0.39, 0.29) is 0 Å². The standard InChI is InChI=1S/C30H26N8OS/c1-3-25-27(13-19(1)21-11-23-17-33-35-29(23)31-15-21)40-28-14-20(22-12-24-18-34-36-30(24)32-16-22)2-4-26(28)38(25)6-5-37-7-9-39-10-8-37/h1-4,11-18H,5-10H2,(H,31,33,35)(H,32,34,36). The van der Waals surface area contributed by atoms with Gasteiger partial charge in [-0.15, -0.1) is 0 Å². The first-order valence-corrected chi connectivity index (χ1v) is 14.2. The summed E-state index contributed by atoms with van der Waals surface area (Å²) in [6.45, 7) is 5.46. The van der Waals surface area contributed by atoms with Crippen LogP contribution in [0, 0.1) is 0 Å². The molecule has 0 atom stereocenters. The Morgan fingerprint density at radius 1 is 0.675 bits per heavy atom. The predicted molar refractivity (Wildman–Crippen MR) is 157 cm³/mol. The fraction of sp³-hybridized carbons (Fsp3) is 0.200. The summed E-state index contributed by atoms with van der Waals surface area (Å²) in [5.41, 5.74) is 8.52. The fourth-order valence-corrected chi connectivity index (χ4v) is 6.72. The van der Waals surface area contributed by atoms with Gasteiger partial charge in [0.15, 0.2) is 11.3 Å². The van der Waals surface area contributed by atoms with Crippen LogP contribution in [0.3, 0.4) is 0 Å². The van der Waals surface area contributed by atoms with Crippen LogP contribution < -0.4 is 4.90 Å². The third-order valence-electron chi connectivity index (χ3n) is 7.71. The van der Waals surface area contributed by atoms with Crippen LogP contribution in [0.25, 0.3) is 44.3 Å². The van der Waals surface area contributed by atoms with Gasteiger partial charge in [-0.05, 0) is 47.5 Å². The summed E-state index contributed by atoms with van der Waals surface area (Å²) >= 11 is 1.82. The van der Waals surface area contributed by atoms with Gasteiger partial charge in [0.2, 0.25) is 0 Å². The molecule has 6 heterocycles. The average molecular weight is 547 g/mol. The van der Waals surface area contributed by atoms with Crippen molar-refractivity contribution in [3.8, 4) is 22.3 Å². The van der Waals surface area contributed by atoms with E-state index in [9.17, 15) is 0 Å². The van der Waals surface area contributed by atoms with E-state index in [1.807, 2.05) is 36.5 Å². The lowest BCUT2D eigenvalue weighted by atomic mass is 10.0. The van der Waals surface area contributed by atoms with Gasteiger partial charge in [-0.1, -0.05) is 23.9 Å². The topological polar surface area (TPSA) is 98.8 Å². The highest BCUT2D eigenvalue weighted by atomic mass is 32.2. The Morgan fingerprint density at radius 2 is 1.25 bits per heavy atom. The molecule has 198 valence electrons. The molecule has 0 aliphatic carbocycles. The van der Waals surface area contributed by atoms with Crippen molar-refractivity contribution < 1.29 is 4.74 Å². The summed E-state index contributed by atoms with van der Waals surface area (Å²) in [6, 6.07) is 17.8. The van der Waals surface area contributed by atoms with E-state index < -0.39 is 0 Å². The summed E-state index contributed by atoms with van der Waals surface area (Å²) in [4.78, 5) is 16.6. The summed E-state index contributed by atoms with van der Waals surface area (Å²) in [7, 11) is 0. The van der Waals surface area contributed by atoms with Crippen molar-refractivity contribution in [3.05, 3.63) is 73.3 Å². The van der Waals surface area contributed by atoms with Crippen LogP contribution in [-0.2, 0) is 4.74 Å². The number of benzene rings is 2. The molecule has 2 aromatic carbocycles. The number of aromatic amines is 2. The van der Waals surface area contributed by atoms with Crippen molar-refractivity contribution in [1.29, 1.82) is 0 Å². The monoisotopic (exact) mass is 546 g/mol. The number of ether oxygens (including phenoxy) is 1. The zero-order valence-corrected chi connectivity index (χ0v) is 22.5. The second-order valence-corrected chi connectivity index (χ2v) is 11.2. The molecule has 0 radical (unpaired) electrons. The number of nitrogens with one attached hydrogen (secondary N) is 2. The maximum Gasteiger partial charge on any atom is 0.155 e. The number of rotatable bonds is 5. The molecular weight excluding hydrogens is 520 g/mol. The highest BCUT2D eigenvalue weighted by molar-refractivity contribution is 7.99. The second-order valence-electron chi connectivity index (χ2n) is 10.1. The normalized spacial score (nSPS) is 15.4. The van der Waals surface area contributed by atoms with E-state index in [1.54, 1.807) is 0 Å². The molecule has 0 saturated carbocycles. The van der Waals surface area contributed by atoms with Crippen LogP contribution >= 0.6 is 11.8 Å². The number of hydrogen-bond acceptors (Lipinski definition) is 8. The number of aromatic nitrogens is 6. The highest BCUT2D eigenvalue weighted by Gasteiger charge is 2.25. The van der Waals surface area contributed by atoms with Gasteiger partial charge < -0.3 is 9.64 Å². The van der Waals surface area contributed by atoms with E-state index in [0.29, 0.717) is 0 Å². The van der Waals surface area contributed by atoms with Crippen molar-refractivity contribution in [2.24, 2.45) is 0 Å². The molecule has 9 nitrogen and oxygen atoms in total. The Kier molecular flexibility index (Phi) is 5.75. The first kappa shape index (κ1) is 23.6. The fourth-order valence-electron chi connectivity index (χ4n) is 5.54. The number of hydrogen-bond donors (Lipinski definition) is 2. The Labute approximate surface area is 234 Å². The number of fused-ring (bicyclic) bond motifs is 4. The maximum atomic E-state index is 5.58. The summed E-state index contributed by atoms with van der Waals surface area (Å²) < 4.78 is 5.58. The second kappa shape index (κ2) is 9.74. The Balaban J connectivity index is 1.18. The third kappa shape index (κ3) is 4.21. The van der Waals surface area contributed by atoms with E-state index in [1.165, 1.54) is 21.2 Å². The molecule has 4 aromatic heterocycles. The van der Waals surface area contributed by atoms with Gasteiger partial charge in [-0.2, -0.15) is 10.2 Å². The largest absolute Gasteiger partial charge is 0.379 e. The van der Waals surface area contributed by atoms with Gasteiger partial charge in [0.05, 0.1) is 37.0 Å².